The van der Waals surface area contributed by atoms with Crippen molar-refractivity contribution in [1.82, 2.24) is 5.43 Å². The third-order valence-electron chi connectivity index (χ3n) is 4.71. The van der Waals surface area contributed by atoms with Crippen LogP contribution in [0.1, 0.15) is 26.7 Å². The van der Waals surface area contributed by atoms with Gasteiger partial charge in [0.25, 0.3) is 5.91 Å². The topological polar surface area (TPSA) is 50.7 Å². The monoisotopic (exact) mass is 348 g/mol. The summed E-state index contributed by atoms with van der Waals surface area (Å²) in [4.78, 5) is 12.1. The lowest BCUT2D eigenvalue weighted by molar-refractivity contribution is -0.123. The number of hydrogen-bond donors (Lipinski definition) is 1. The first-order valence-corrected chi connectivity index (χ1v) is 8.82. The number of ether oxygens (including phenoxy) is 1. The molecule has 4 heteroatoms. The normalized spacial score (nSPS) is 18.5. The maximum atomic E-state index is 12.1. The van der Waals surface area contributed by atoms with Gasteiger partial charge in [-0.1, -0.05) is 48.6 Å². The number of amides is 1. The number of benzene rings is 2. The van der Waals surface area contributed by atoms with E-state index in [1.807, 2.05) is 56.3 Å². The van der Waals surface area contributed by atoms with Gasteiger partial charge in [0, 0.05) is 0 Å². The quantitative estimate of drug-likeness (QED) is 0.633. The van der Waals surface area contributed by atoms with Crippen LogP contribution in [0.5, 0.6) is 5.75 Å². The lowest BCUT2D eigenvalue weighted by atomic mass is 9.85. The molecule has 0 spiro atoms. The van der Waals surface area contributed by atoms with Crippen molar-refractivity contribution in [2.24, 2.45) is 11.0 Å². The highest BCUT2D eigenvalue weighted by molar-refractivity contribution is 6.01. The molecule has 1 aliphatic carbocycles. The van der Waals surface area contributed by atoms with E-state index >= 15 is 0 Å². The van der Waals surface area contributed by atoms with Crippen LogP contribution in [0.4, 0.5) is 0 Å². The average molecular weight is 348 g/mol. The van der Waals surface area contributed by atoms with Gasteiger partial charge in [-0.05, 0) is 61.1 Å². The Morgan fingerprint density at radius 1 is 1.27 bits per heavy atom. The number of fused-ring (bicyclic) bond motifs is 1. The highest BCUT2D eigenvalue weighted by Crippen LogP contribution is 2.26. The molecule has 0 aromatic heterocycles. The second-order valence-electron chi connectivity index (χ2n) is 6.76. The Balaban J connectivity index is 1.57. The predicted molar refractivity (Wildman–Crippen MR) is 106 cm³/mol. The number of rotatable bonds is 5. The minimum absolute atomic E-state index is 0.0677. The molecule has 1 aliphatic rings. The van der Waals surface area contributed by atoms with Crippen LogP contribution in [-0.4, -0.2) is 18.2 Å². The molecular formula is C22H24N2O2. The number of nitrogens with one attached hydrogen (secondary N) is 1. The summed E-state index contributed by atoms with van der Waals surface area (Å²) in [6.45, 7) is 8.01. The second-order valence-corrected chi connectivity index (χ2v) is 6.76. The Hall–Kier alpha value is -2.88. The summed E-state index contributed by atoms with van der Waals surface area (Å²) in [5.41, 5.74) is 5.76. The van der Waals surface area contributed by atoms with E-state index in [0.717, 1.165) is 40.5 Å². The first kappa shape index (κ1) is 17.9. The molecule has 0 saturated carbocycles. The molecule has 0 saturated heterocycles. The van der Waals surface area contributed by atoms with Gasteiger partial charge in [0.15, 0.2) is 6.61 Å². The number of allylic oxidation sites excluding steroid dienone is 3. The smallest absolute Gasteiger partial charge is 0.277 e. The first-order chi connectivity index (χ1) is 12.5. The summed E-state index contributed by atoms with van der Waals surface area (Å²) in [6.07, 6.45) is 3.95. The van der Waals surface area contributed by atoms with Crippen molar-refractivity contribution in [1.29, 1.82) is 0 Å². The van der Waals surface area contributed by atoms with Crippen LogP contribution in [0.25, 0.3) is 10.8 Å². The first-order valence-electron chi connectivity index (χ1n) is 8.82. The third kappa shape index (κ3) is 4.39. The second kappa shape index (κ2) is 8.00. The Morgan fingerprint density at radius 2 is 2.04 bits per heavy atom. The van der Waals surface area contributed by atoms with Crippen LogP contribution in [-0.2, 0) is 4.79 Å². The van der Waals surface area contributed by atoms with Crippen molar-refractivity contribution < 1.29 is 9.53 Å². The van der Waals surface area contributed by atoms with Crippen LogP contribution in [0.3, 0.4) is 0 Å². The largest absolute Gasteiger partial charge is 0.484 e. The molecule has 4 nitrogen and oxygen atoms in total. The van der Waals surface area contributed by atoms with Crippen LogP contribution in [0.2, 0.25) is 0 Å². The van der Waals surface area contributed by atoms with E-state index in [-0.39, 0.29) is 12.5 Å². The predicted octanol–water partition coefficient (Wildman–Crippen LogP) is 4.62. The fourth-order valence-corrected chi connectivity index (χ4v) is 2.99. The van der Waals surface area contributed by atoms with Gasteiger partial charge in [-0.2, -0.15) is 5.10 Å². The fourth-order valence-electron chi connectivity index (χ4n) is 2.99. The summed E-state index contributed by atoms with van der Waals surface area (Å²) in [7, 11) is 0. The molecule has 0 aliphatic heterocycles. The maximum absolute atomic E-state index is 12.1. The summed E-state index contributed by atoms with van der Waals surface area (Å²) in [5, 5.41) is 6.51. The number of hydrogen-bond acceptors (Lipinski definition) is 3. The van der Waals surface area contributed by atoms with E-state index in [2.05, 4.69) is 23.2 Å². The van der Waals surface area contributed by atoms with Gasteiger partial charge < -0.3 is 4.74 Å². The minimum Gasteiger partial charge on any atom is -0.484 e. The minimum atomic E-state index is -0.268. The van der Waals surface area contributed by atoms with Gasteiger partial charge in [0.2, 0.25) is 0 Å². The summed E-state index contributed by atoms with van der Waals surface area (Å²) in [5.74, 6) is 0.793. The Morgan fingerprint density at radius 3 is 2.81 bits per heavy atom. The van der Waals surface area contributed by atoms with Crippen LogP contribution < -0.4 is 10.2 Å². The molecule has 1 N–H and O–H groups in total. The highest BCUT2D eigenvalue weighted by Gasteiger charge is 2.18. The molecule has 0 radical (unpaired) electrons. The van der Waals surface area contributed by atoms with Crippen molar-refractivity contribution >= 4 is 22.4 Å². The van der Waals surface area contributed by atoms with Crippen molar-refractivity contribution in [3.8, 4) is 5.75 Å². The van der Waals surface area contributed by atoms with Crippen molar-refractivity contribution in [2.75, 3.05) is 6.61 Å². The van der Waals surface area contributed by atoms with Crippen LogP contribution in [0, 0.1) is 5.92 Å². The number of carbonyl (C=O) groups excluding carboxylic acids is 1. The molecule has 26 heavy (non-hydrogen) atoms. The van der Waals surface area contributed by atoms with E-state index in [0.29, 0.717) is 11.7 Å². The molecule has 1 amide bonds. The van der Waals surface area contributed by atoms with Gasteiger partial charge in [-0.25, -0.2) is 5.43 Å². The van der Waals surface area contributed by atoms with E-state index in [4.69, 9.17) is 4.74 Å². The molecule has 0 bridgehead atoms. The van der Waals surface area contributed by atoms with Crippen LogP contribution in [0.15, 0.2) is 71.4 Å². The molecular weight excluding hydrogens is 324 g/mol. The van der Waals surface area contributed by atoms with E-state index < -0.39 is 0 Å². The standard InChI is InChI=1S/C22H24N2O2/c1-15(2)18-9-8-16(3)21(13-18)23-24-22(25)14-26-20-11-10-17-6-4-5-7-19(17)12-20/h4-8,10-12,18H,1,9,13-14H2,2-3H3,(H,24,25)/b23-21+. The zero-order valence-electron chi connectivity index (χ0n) is 15.3. The van der Waals surface area contributed by atoms with Crippen molar-refractivity contribution in [3.63, 3.8) is 0 Å². The van der Waals surface area contributed by atoms with Crippen LogP contribution >= 0.6 is 0 Å². The Bertz CT molecular complexity index is 896. The highest BCUT2D eigenvalue weighted by atomic mass is 16.5. The van der Waals surface area contributed by atoms with Gasteiger partial charge in [-0.15, -0.1) is 0 Å². The lowest BCUT2D eigenvalue weighted by Crippen LogP contribution is -2.27. The Kier molecular flexibility index (Phi) is 5.52. The molecule has 1 unspecified atom stereocenters. The average Bonchev–Trinajstić information content (AvgIpc) is 2.65. The SMILES string of the molecule is C=C(C)C1CC=C(C)/C(=N/NC(=O)COc2ccc3ccccc3c2)C1. The zero-order valence-corrected chi connectivity index (χ0v) is 15.3. The van der Waals surface area contributed by atoms with E-state index in [1.54, 1.807) is 0 Å². The third-order valence-corrected chi connectivity index (χ3v) is 4.71. The summed E-state index contributed by atoms with van der Waals surface area (Å²) < 4.78 is 5.59. The molecule has 1 atom stereocenters. The Labute approximate surface area is 154 Å². The van der Waals surface area contributed by atoms with E-state index in [9.17, 15) is 4.79 Å². The molecule has 3 rings (SSSR count). The van der Waals surface area contributed by atoms with Gasteiger partial charge >= 0.3 is 0 Å². The van der Waals surface area contributed by atoms with Crippen molar-refractivity contribution in [2.45, 2.75) is 26.7 Å². The molecule has 0 fully saturated rings. The van der Waals surface area contributed by atoms with Gasteiger partial charge in [0.1, 0.15) is 5.75 Å². The van der Waals surface area contributed by atoms with Gasteiger partial charge in [-0.3, -0.25) is 4.79 Å². The van der Waals surface area contributed by atoms with Crippen molar-refractivity contribution in [3.05, 3.63) is 66.3 Å². The molecule has 134 valence electrons. The van der Waals surface area contributed by atoms with Gasteiger partial charge in [0.05, 0.1) is 5.71 Å². The lowest BCUT2D eigenvalue weighted by Gasteiger charge is -2.22. The number of hydrazone groups is 1. The maximum Gasteiger partial charge on any atom is 0.277 e. The number of carbonyl (C=O) groups is 1. The zero-order chi connectivity index (χ0) is 18.5. The molecule has 0 heterocycles. The molecule has 2 aromatic carbocycles. The summed E-state index contributed by atoms with van der Waals surface area (Å²) >= 11 is 0. The number of nitrogens with zero attached hydrogens (tertiary/aromatic N) is 1. The van der Waals surface area contributed by atoms with E-state index in [1.165, 1.54) is 0 Å². The summed E-state index contributed by atoms with van der Waals surface area (Å²) in [6, 6.07) is 13.8. The molecule has 2 aromatic rings. The fraction of sp³-hybridized carbons (Fsp3) is 0.273.